The summed E-state index contributed by atoms with van der Waals surface area (Å²) in [6.07, 6.45) is 2.71. The van der Waals surface area contributed by atoms with Crippen LogP contribution < -0.4 is 5.32 Å². The van der Waals surface area contributed by atoms with E-state index < -0.39 is 5.97 Å². The molecule has 1 aromatic carbocycles. The van der Waals surface area contributed by atoms with E-state index in [-0.39, 0.29) is 29.1 Å². The molecule has 2 rings (SSSR count). The molecule has 0 radical (unpaired) electrons. The van der Waals surface area contributed by atoms with Crippen LogP contribution >= 0.6 is 0 Å². The molecule has 0 heterocycles. The zero-order chi connectivity index (χ0) is 14.8. The predicted molar refractivity (Wildman–Crippen MR) is 73.7 cm³/mol. The maximum atomic E-state index is 12.1. The van der Waals surface area contributed by atoms with Crippen LogP contribution in [0.3, 0.4) is 0 Å². The fraction of sp³-hybridized carbons (Fsp3) is 0.467. The second kappa shape index (κ2) is 5.53. The molecule has 20 heavy (non-hydrogen) atoms. The van der Waals surface area contributed by atoms with Crippen LogP contribution in [0.25, 0.3) is 0 Å². The molecule has 1 fully saturated rings. The topological polar surface area (TPSA) is 86.6 Å². The number of aliphatic carboxylic acids is 1. The second-order valence-corrected chi connectivity index (χ2v) is 5.63. The zero-order valence-corrected chi connectivity index (χ0v) is 11.5. The van der Waals surface area contributed by atoms with Gasteiger partial charge in [-0.25, -0.2) is 0 Å². The molecule has 1 aliphatic carbocycles. The van der Waals surface area contributed by atoms with Crippen molar-refractivity contribution in [1.29, 1.82) is 0 Å². The van der Waals surface area contributed by atoms with Crippen LogP contribution in [0.1, 0.15) is 41.6 Å². The van der Waals surface area contributed by atoms with Crippen LogP contribution in [0.4, 0.5) is 0 Å². The summed E-state index contributed by atoms with van der Waals surface area (Å²) in [6.45, 7) is 2.18. The van der Waals surface area contributed by atoms with E-state index in [2.05, 4.69) is 5.32 Å². The van der Waals surface area contributed by atoms with Gasteiger partial charge in [0.2, 0.25) is 0 Å². The largest absolute Gasteiger partial charge is 0.507 e. The van der Waals surface area contributed by atoms with E-state index in [0.717, 1.165) is 24.8 Å². The Morgan fingerprint density at radius 3 is 2.60 bits per heavy atom. The van der Waals surface area contributed by atoms with E-state index in [0.29, 0.717) is 6.54 Å². The third-order valence-corrected chi connectivity index (χ3v) is 3.96. The minimum Gasteiger partial charge on any atom is -0.507 e. The number of nitrogens with one attached hydrogen (secondary N) is 1. The zero-order valence-electron chi connectivity index (χ0n) is 11.5. The van der Waals surface area contributed by atoms with Gasteiger partial charge in [-0.05, 0) is 37.3 Å². The molecule has 0 unspecified atom stereocenters. The molecule has 0 bridgehead atoms. The summed E-state index contributed by atoms with van der Waals surface area (Å²) in [5, 5.41) is 21.4. The van der Waals surface area contributed by atoms with E-state index in [1.54, 1.807) is 12.1 Å². The van der Waals surface area contributed by atoms with Gasteiger partial charge in [0.25, 0.3) is 5.91 Å². The first-order valence-corrected chi connectivity index (χ1v) is 6.71. The van der Waals surface area contributed by atoms with Crippen molar-refractivity contribution < 1.29 is 19.8 Å². The van der Waals surface area contributed by atoms with Crippen molar-refractivity contribution in [2.24, 2.45) is 5.41 Å². The van der Waals surface area contributed by atoms with E-state index in [1.165, 1.54) is 6.07 Å². The number of hydrogen-bond donors (Lipinski definition) is 3. The molecule has 0 aromatic heterocycles. The molecular weight excluding hydrogens is 258 g/mol. The minimum atomic E-state index is -0.836. The fourth-order valence-electron chi connectivity index (χ4n) is 2.61. The minimum absolute atomic E-state index is 0.0611. The van der Waals surface area contributed by atoms with Crippen molar-refractivity contribution in [3.05, 3.63) is 29.3 Å². The molecule has 5 heteroatoms. The Balaban J connectivity index is 2.01. The molecule has 0 aliphatic heterocycles. The average Bonchev–Trinajstić information content (AvgIpc) is 2.34. The highest BCUT2D eigenvalue weighted by Crippen LogP contribution is 2.43. The SMILES string of the molecule is Cc1ccc(O)c(C(=O)NCC2(CC(=O)O)CCC2)c1. The van der Waals surface area contributed by atoms with Gasteiger partial charge < -0.3 is 15.5 Å². The van der Waals surface area contributed by atoms with Gasteiger partial charge in [0.05, 0.1) is 12.0 Å². The summed E-state index contributed by atoms with van der Waals surface area (Å²) < 4.78 is 0. The number of benzene rings is 1. The number of aryl methyl sites for hydroxylation is 1. The van der Waals surface area contributed by atoms with E-state index in [4.69, 9.17) is 5.11 Å². The second-order valence-electron chi connectivity index (χ2n) is 5.63. The summed E-state index contributed by atoms with van der Waals surface area (Å²) in [4.78, 5) is 22.9. The third kappa shape index (κ3) is 3.10. The summed E-state index contributed by atoms with van der Waals surface area (Å²) in [6, 6.07) is 4.83. The summed E-state index contributed by atoms with van der Waals surface area (Å²) in [7, 11) is 0. The summed E-state index contributed by atoms with van der Waals surface area (Å²) >= 11 is 0. The Kier molecular flexibility index (Phi) is 3.97. The van der Waals surface area contributed by atoms with Crippen LogP contribution in [-0.4, -0.2) is 28.6 Å². The van der Waals surface area contributed by atoms with Crippen LogP contribution in [0.15, 0.2) is 18.2 Å². The van der Waals surface area contributed by atoms with E-state index in [9.17, 15) is 14.7 Å². The first-order chi connectivity index (χ1) is 9.42. The number of amides is 1. The van der Waals surface area contributed by atoms with E-state index in [1.807, 2.05) is 6.92 Å². The number of phenols is 1. The van der Waals surface area contributed by atoms with Crippen molar-refractivity contribution in [2.75, 3.05) is 6.54 Å². The van der Waals surface area contributed by atoms with Crippen LogP contribution in [0, 0.1) is 12.3 Å². The van der Waals surface area contributed by atoms with Gasteiger partial charge in [0, 0.05) is 6.54 Å². The van der Waals surface area contributed by atoms with Crippen molar-refractivity contribution in [3.63, 3.8) is 0 Å². The van der Waals surface area contributed by atoms with Gasteiger partial charge in [-0.1, -0.05) is 18.1 Å². The molecule has 0 saturated heterocycles. The smallest absolute Gasteiger partial charge is 0.303 e. The van der Waals surface area contributed by atoms with Crippen LogP contribution in [-0.2, 0) is 4.79 Å². The molecule has 1 aromatic rings. The number of carboxylic acid groups (broad SMARTS) is 1. The van der Waals surface area contributed by atoms with Gasteiger partial charge in [-0.2, -0.15) is 0 Å². The standard InChI is InChI=1S/C15H19NO4/c1-10-3-4-12(17)11(7-10)14(20)16-9-15(5-2-6-15)8-13(18)19/h3-4,7,17H,2,5-6,8-9H2,1H3,(H,16,20)(H,18,19). The molecule has 3 N–H and O–H groups in total. The Hall–Kier alpha value is -2.04. The lowest BCUT2D eigenvalue weighted by Crippen LogP contribution is -2.43. The lowest BCUT2D eigenvalue weighted by Gasteiger charge is -2.40. The molecule has 1 aliphatic rings. The molecule has 1 amide bonds. The fourth-order valence-corrected chi connectivity index (χ4v) is 2.61. The lowest BCUT2D eigenvalue weighted by atomic mass is 9.66. The van der Waals surface area contributed by atoms with Crippen LogP contribution in [0.5, 0.6) is 5.75 Å². The Labute approximate surface area is 117 Å². The van der Waals surface area contributed by atoms with Gasteiger partial charge in [-0.15, -0.1) is 0 Å². The normalized spacial score (nSPS) is 16.2. The van der Waals surface area contributed by atoms with Crippen LogP contribution in [0.2, 0.25) is 0 Å². The number of phenolic OH excluding ortho intramolecular Hbond substituents is 1. The maximum absolute atomic E-state index is 12.1. The first-order valence-electron chi connectivity index (χ1n) is 6.71. The first kappa shape index (κ1) is 14.4. The number of carboxylic acids is 1. The number of rotatable bonds is 5. The maximum Gasteiger partial charge on any atom is 0.303 e. The van der Waals surface area contributed by atoms with Crippen molar-refractivity contribution in [1.82, 2.24) is 5.32 Å². The number of carbonyl (C=O) groups excluding carboxylic acids is 1. The molecule has 5 nitrogen and oxygen atoms in total. The Morgan fingerprint density at radius 2 is 2.05 bits per heavy atom. The third-order valence-electron chi connectivity index (χ3n) is 3.96. The van der Waals surface area contributed by atoms with Gasteiger partial charge >= 0.3 is 5.97 Å². The molecule has 1 saturated carbocycles. The highest BCUT2D eigenvalue weighted by molar-refractivity contribution is 5.97. The summed E-state index contributed by atoms with van der Waals surface area (Å²) in [5.74, 6) is -1.26. The van der Waals surface area contributed by atoms with E-state index >= 15 is 0 Å². The van der Waals surface area contributed by atoms with Crippen molar-refractivity contribution in [3.8, 4) is 5.75 Å². The number of carbonyl (C=O) groups is 2. The van der Waals surface area contributed by atoms with Crippen molar-refractivity contribution >= 4 is 11.9 Å². The van der Waals surface area contributed by atoms with Gasteiger partial charge in [0.1, 0.15) is 5.75 Å². The monoisotopic (exact) mass is 277 g/mol. The van der Waals surface area contributed by atoms with Gasteiger partial charge in [-0.3, -0.25) is 9.59 Å². The quantitative estimate of drug-likeness (QED) is 0.769. The Morgan fingerprint density at radius 1 is 1.35 bits per heavy atom. The number of aromatic hydroxyl groups is 1. The number of hydrogen-bond acceptors (Lipinski definition) is 3. The Bertz CT molecular complexity index is 535. The summed E-state index contributed by atoms with van der Waals surface area (Å²) in [5.41, 5.74) is 0.799. The molecular formula is C15H19NO4. The molecule has 108 valence electrons. The predicted octanol–water partition coefficient (Wildman–Crippen LogP) is 2.08. The molecule has 0 atom stereocenters. The highest BCUT2D eigenvalue weighted by atomic mass is 16.4. The van der Waals surface area contributed by atoms with Gasteiger partial charge in [0.15, 0.2) is 0 Å². The highest BCUT2D eigenvalue weighted by Gasteiger charge is 2.39. The van der Waals surface area contributed by atoms with Crippen molar-refractivity contribution in [2.45, 2.75) is 32.6 Å². The average molecular weight is 277 g/mol. The lowest BCUT2D eigenvalue weighted by molar-refractivity contribution is -0.141. The molecule has 0 spiro atoms.